The molecule has 5 aromatic rings. The first-order chi connectivity index (χ1) is 18.5. The molecule has 0 spiro atoms. The fourth-order valence-electron chi connectivity index (χ4n) is 5.02. The van der Waals surface area contributed by atoms with Gasteiger partial charge in [0.2, 0.25) is 0 Å². The van der Waals surface area contributed by atoms with E-state index in [4.69, 9.17) is 32.7 Å². The molecule has 0 atom stereocenters. The summed E-state index contributed by atoms with van der Waals surface area (Å²) in [4.78, 5) is 11.8. The van der Waals surface area contributed by atoms with Crippen molar-refractivity contribution in [2.24, 2.45) is 0 Å². The SMILES string of the molecule is COC(=O)c1ccc(OCCc2c(C)n(C(c3ccccc3)c3ccccc3)c3ccc(Cl)cc23)cc1Cl. The highest BCUT2D eigenvalue weighted by Gasteiger charge is 2.23. The predicted molar refractivity (Wildman–Crippen MR) is 154 cm³/mol. The van der Waals surface area contributed by atoms with E-state index in [0.717, 1.165) is 16.6 Å². The second-order valence-electron chi connectivity index (χ2n) is 9.05. The molecule has 0 saturated heterocycles. The van der Waals surface area contributed by atoms with Crippen molar-refractivity contribution >= 4 is 40.1 Å². The third kappa shape index (κ3) is 5.15. The summed E-state index contributed by atoms with van der Waals surface area (Å²) in [5, 5.41) is 2.09. The fraction of sp³-hybridized carbons (Fsp3) is 0.156. The Morgan fingerprint density at radius 1 is 0.868 bits per heavy atom. The second-order valence-corrected chi connectivity index (χ2v) is 9.89. The topological polar surface area (TPSA) is 40.5 Å². The lowest BCUT2D eigenvalue weighted by Gasteiger charge is -2.23. The van der Waals surface area contributed by atoms with E-state index >= 15 is 0 Å². The van der Waals surface area contributed by atoms with Gasteiger partial charge in [0.25, 0.3) is 0 Å². The number of halogens is 2. The van der Waals surface area contributed by atoms with Crippen molar-refractivity contribution in [2.45, 2.75) is 19.4 Å². The van der Waals surface area contributed by atoms with Gasteiger partial charge in [-0.05, 0) is 60.0 Å². The Kier molecular flexibility index (Phi) is 7.73. The normalized spacial score (nSPS) is 11.2. The molecular weight excluding hydrogens is 517 g/mol. The van der Waals surface area contributed by atoms with Crippen LogP contribution in [0.3, 0.4) is 0 Å². The number of aromatic nitrogens is 1. The number of fused-ring (bicyclic) bond motifs is 1. The Labute approximate surface area is 232 Å². The van der Waals surface area contributed by atoms with Crippen molar-refractivity contribution in [1.29, 1.82) is 0 Å². The van der Waals surface area contributed by atoms with Crippen LogP contribution in [0.5, 0.6) is 5.75 Å². The number of methoxy groups -OCH3 is 1. The van der Waals surface area contributed by atoms with E-state index in [1.54, 1.807) is 18.2 Å². The smallest absolute Gasteiger partial charge is 0.339 e. The molecule has 0 N–H and O–H groups in total. The molecule has 0 aliphatic heterocycles. The van der Waals surface area contributed by atoms with Crippen LogP contribution in [0.1, 0.15) is 38.8 Å². The summed E-state index contributed by atoms with van der Waals surface area (Å²) in [6.45, 7) is 2.59. The van der Waals surface area contributed by atoms with Gasteiger partial charge in [0.05, 0.1) is 30.3 Å². The van der Waals surface area contributed by atoms with Gasteiger partial charge in [0.15, 0.2) is 0 Å². The predicted octanol–water partition coefficient (Wildman–Crippen LogP) is 8.30. The zero-order chi connectivity index (χ0) is 26.6. The highest BCUT2D eigenvalue weighted by molar-refractivity contribution is 6.33. The van der Waals surface area contributed by atoms with Crippen LogP contribution >= 0.6 is 23.2 Å². The molecule has 0 aliphatic carbocycles. The summed E-state index contributed by atoms with van der Waals surface area (Å²) in [7, 11) is 1.33. The number of carbonyl (C=O) groups is 1. The standard InChI is InChI=1S/C32H27Cl2NO3/c1-21-26(17-18-38-25-14-15-27(29(34)20-25)32(36)37-2)28-19-24(33)13-16-30(28)35(21)31(22-9-5-3-6-10-22)23-11-7-4-8-12-23/h3-16,19-20,31H,17-18H2,1-2H3. The number of benzene rings is 4. The van der Waals surface area contributed by atoms with Crippen molar-refractivity contribution in [3.8, 4) is 5.75 Å². The van der Waals surface area contributed by atoms with Crippen molar-refractivity contribution in [1.82, 2.24) is 4.57 Å². The van der Waals surface area contributed by atoms with Gasteiger partial charge < -0.3 is 14.0 Å². The Morgan fingerprint density at radius 2 is 1.53 bits per heavy atom. The van der Waals surface area contributed by atoms with E-state index < -0.39 is 5.97 Å². The lowest BCUT2D eigenvalue weighted by atomic mass is 9.98. The van der Waals surface area contributed by atoms with Crippen molar-refractivity contribution in [3.63, 3.8) is 0 Å². The molecule has 0 amide bonds. The van der Waals surface area contributed by atoms with Crippen LogP contribution in [0.2, 0.25) is 10.0 Å². The van der Waals surface area contributed by atoms with E-state index in [-0.39, 0.29) is 6.04 Å². The first-order valence-corrected chi connectivity index (χ1v) is 13.1. The highest BCUT2D eigenvalue weighted by Crippen LogP contribution is 2.37. The summed E-state index contributed by atoms with van der Waals surface area (Å²) in [5.74, 6) is 0.113. The lowest BCUT2D eigenvalue weighted by molar-refractivity contribution is 0.0601. The van der Waals surface area contributed by atoms with Gasteiger partial charge in [-0.15, -0.1) is 0 Å². The Morgan fingerprint density at radius 3 is 2.13 bits per heavy atom. The van der Waals surface area contributed by atoms with Crippen LogP contribution in [0.25, 0.3) is 10.9 Å². The summed E-state index contributed by atoms with van der Waals surface area (Å²) in [6, 6.07) is 32.1. The largest absolute Gasteiger partial charge is 0.493 e. The number of ether oxygens (including phenoxy) is 2. The number of hydrogen-bond donors (Lipinski definition) is 0. The molecule has 0 fully saturated rings. The molecule has 6 heteroatoms. The van der Waals surface area contributed by atoms with Crippen LogP contribution < -0.4 is 4.74 Å². The Bertz CT molecular complexity index is 1540. The first-order valence-electron chi connectivity index (χ1n) is 12.4. The molecule has 0 aliphatic rings. The van der Waals surface area contributed by atoms with Crippen LogP contribution in [0, 0.1) is 6.92 Å². The van der Waals surface area contributed by atoms with E-state index in [2.05, 4.69) is 66.1 Å². The van der Waals surface area contributed by atoms with Gasteiger partial charge >= 0.3 is 5.97 Å². The van der Waals surface area contributed by atoms with Gasteiger partial charge in [-0.2, -0.15) is 0 Å². The molecule has 1 aromatic heterocycles. The van der Waals surface area contributed by atoms with Gasteiger partial charge in [0, 0.05) is 28.0 Å². The fourth-order valence-corrected chi connectivity index (χ4v) is 5.44. The maximum Gasteiger partial charge on any atom is 0.339 e. The summed E-state index contributed by atoms with van der Waals surface area (Å²) < 4.78 is 13.2. The minimum absolute atomic E-state index is 0.000386. The number of nitrogens with zero attached hydrogens (tertiary/aromatic N) is 1. The second kappa shape index (κ2) is 11.3. The average molecular weight is 544 g/mol. The van der Waals surface area contributed by atoms with Crippen LogP contribution in [-0.2, 0) is 11.2 Å². The van der Waals surface area contributed by atoms with Gasteiger partial charge in [-0.25, -0.2) is 4.79 Å². The van der Waals surface area contributed by atoms with Gasteiger partial charge in [-0.1, -0.05) is 83.9 Å². The number of hydrogen-bond acceptors (Lipinski definition) is 3. The van der Waals surface area contributed by atoms with E-state index in [9.17, 15) is 4.79 Å². The number of esters is 1. The minimum Gasteiger partial charge on any atom is -0.493 e. The molecule has 0 radical (unpaired) electrons. The van der Waals surface area contributed by atoms with Gasteiger partial charge in [0.1, 0.15) is 5.75 Å². The van der Waals surface area contributed by atoms with Gasteiger partial charge in [-0.3, -0.25) is 0 Å². The van der Waals surface area contributed by atoms with Crippen LogP contribution in [0.4, 0.5) is 0 Å². The van der Waals surface area contributed by atoms with Crippen molar-refractivity contribution in [2.75, 3.05) is 13.7 Å². The molecule has 192 valence electrons. The van der Waals surface area contributed by atoms with Crippen LogP contribution in [-0.4, -0.2) is 24.3 Å². The lowest BCUT2D eigenvalue weighted by Crippen LogP contribution is -2.14. The first kappa shape index (κ1) is 25.9. The Balaban J connectivity index is 1.52. The third-order valence-electron chi connectivity index (χ3n) is 6.80. The summed E-state index contributed by atoms with van der Waals surface area (Å²) in [5.41, 5.74) is 6.17. The van der Waals surface area contributed by atoms with Crippen molar-refractivity contribution < 1.29 is 14.3 Å². The van der Waals surface area contributed by atoms with E-state index in [1.807, 2.05) is 24.3 Å². The monoisotopic (exact) mass is 543 g/mol. The zero-order valence-corrected chi connectivity index (χ0v) is 22.7. The number of rotatable bonds is 8. The molecule has 0 saturated carbocycles. The third-order valence-corrected chi connectivity index (χ3v) is 7.34. The minimum atomic E-state index is -0.478. The Hall–Kier alpha value is -3.73. The maximum atomic E-state index is 11.8. The van der Waals surface area contributed by atoms with E-state index in [0.29, 0.717) is 34.4 Å². The maximum absolute atomic E-state index is 11.8. The molecule has 4 aromatic carbocycles. The molecule has 5 rings (SSSR count). The summed E-state index contributed by atoms with van der Waals surface area (Å²) >= 11 is 12.7. The highest BCUT2D eigenvalue weighted by atomic mass is 35.5. The molecule has 0 unspecified atom stereocenters. The molecular formula is C32H27Cl2NO3. The number of carbonyl (C=O) groups excluding carboxylic acids is 1. The van der Waals surface area contributed by atoms with Crippen molar-refractivity contribution in [3.05, 3.63) is 135 Å². The zero-order valence-electron chi connectivity index (χ0n) is 21.2. The quantitative estimate of drug-likeness (QED) is 0.185. The van der Waals surface area contributed by atoms with E-state index in [1.165, 1.54) is 23.8 Å². The molecule has 38 heavy (non-hydrogen) atoms. The molecule has 1 heterocycles. The summed E-state index contributed by atoms with van der Waals surface area (Å²) in [6.07, 6.45) is 0.669. The molecule has 0 bridgehead atoms. The van der Waals surface area contributed by atoms with Crippen LogP contribution in [0.15, 0.2) is 97.1 Å². The molecule has 4 nitrogen and oxygen atoms in total. The average Bonchev–Trinajstić information content (AvgIpc) is 3.20.